The standard InChI is InChI=1S/C58H49NS/c1-34-26-49-47-24-21-42(41-20-23-45-46-25-22-44(32-52(46)57(2,3)50(45)30-41)56-59-54-12-8-9-13-55(54)60-56)31-51(47)58(4,5)53(49)33-48(34)43-19-18-39-28-38(16-17-40(39)29-43)37-15-14-35-10-6-7-11-36(35)27-37/h6-8,10-12,14-15,18-19,21-22,24-33H,9,13,16-17,20,23H2,1-5H3. The lowest BCUT2D eigenvalue weighted by molar-refractivity contribution is 0.652. The summed E-state index contributed by atoms with van der Waals surface area (Å²) in [5, 5.41) is 3.77. The summed E-state index contributed by atoms with van der Waals surface area (Å²) in [6.07, 6.45) is 16.0. The number of benzene rings is 6. The summed E-state index contributed by atoms with van der Waals surface area (Å²) in [4.78, 5) is 6.48. The maximum absolute atomic E-state index is 5.05. The maximum atomic E-state index is 5.05. The van der Waals surface area contributed by atoms with Crippen molar-refractivity contribution in [3.8, 4) is 32.8 Å². The van der Waals surface area contributed by atoms with Gasteiger partial charge >= 0.3 is 0 Å². The first-order valence-corrected chi connectivity index (χ1v) is 22.8. The summed E-state index contributed by atoms with van der Waals surface area (Å²) in [5.41, 5.74) is 26.3. The van der Waals surface area contributed by atoms with Gasteiger partial charge in [-0.1, -0.05) is 131 Å². The molecule has 0 fully saturated rings. The van der Waals surface area contributed by atoms with Crippen LogP contribution in [-0.4, -0.2) is 4.98 Å². The minimum Gasteiger partial charge on any atom is -0.236 e. The summed E-state index contributed by atoms with van der Waals surface area (Å²) >= 11 is 1.88. The third kappa shape index (κ3) is 5.46. The largest absolute Gasteiger partial charge is 0.236 e. The molecule has 1 heterocycles. The van der Waals surface area contributed by atoms with Gasteiger partial charge < -0.3 is 0 Å². The second-order valence-corrected chi connectivity index (χ2v) is 20.0. The lowest BCUT2D eigenvalue weighted by Crippen LogP contribution is -2.17. The van der Waals surface area contributed by atoms with Crippen molar-refractivity contribution in [2.45, 2.75) is 84.0 Å². The Labute approximate surface area is 358 Å². The summed E-state index contributed by atoms with van der Waals surface area (Å²) in [5.74, 6) is 0. The molecule has 60 heavy (non-hydrogen) atoms. The molecule has 6 aromatic carbocycles. The highest BCUT2D eigenvalue weighted by atomic mass is 32.1. The van der Waals surface area contributed by atoms with E-state index in [9.17, 15) is 0 Å². The number of hydrogen-bond donors (Lipinski definition) is 0. The van der Waals surface area contributed by atoms with Crippen LogP contribution in [0, 0.1) is 6.92 Å². The van der Waals surface area contributed by atoms with Crippen LogP contribution in [0.1, 0.15) is 114 Å². The molecule has 0 unspecified atom stereocenters. The molecule has 7 aromatic rings. The van der Waals surface area contributed by atoms with Gasteiger partial charge in [-0.05, 0) is 181 Å². The molecule has 0 radical (unpaired) electrons. The highest BCUT2D eigenvalue weighted by Crippen LogP contribution is 2.55. The van der Waals surface area contributed by atoms with Gasteiger partial charge in [-0.15, -0.1) is 11.3 Å². The summed E-state index contributed by atoms with van der Waals surface area (Å²) in [7, 11) is 0. The molecule has 12 rings (SSSR count). The van der Waals surface area contributed by atoms with Crippen molar-refractivity contribution in [1.82, 2.24) is 4.98 Å². The fourth-order valence-electron chi connectivity index (χ4n) is 11.3. The lowest BCUT2D eigenvalue weighted by Gasteiger charge is -2.27. The van der Waals surface area contributed by atoms with Gasteiger partial charge in [0, 0.05) is 21.3 Å². The van der Waals surface area contributed by atoms with Crippen LogP contribution in [0.4, 0.5) is 0 Å². The zero-order valence-electron chi connectivity index (χ0n) is 35.3. The SMILES string of the molecule is Cc1cc2c(cc1-c1ccc3c(c1)CCC(c1ccc4ccccc4c1)=C3)C(C)(C)c1cc(C3=CC4=C(CC3)c3ccc(-c5nc6c(s5)CCC=C6)cc3C4(C)C)ccc1-2. The summed E-state index contributed by atoms with van der Waals surface area (Å²) in [6, 6.07) is 42.3. The monoisotopic (exact) mass is 791 g/mol. The minimum absolute atomic E-state index is 0.0597. The molecule has 0 spiro atoms. The van der Waals surface area contributed by atoms with Gasteiger partial charge in [0.25, 0.3) is 0 Å². The second kappa shape index (κ2) is 13.1. The minimum atomic E-state index is -0.0986. The predicted octanol–water partition coefficient (Wildman–Crippen LogP) is 15.6. The lowest BCUT2D eigenvalue weighted by atomic mass is 9.77. The van der Waals surface area contributed by atoms with Crippen LogP contribution in [0.15, 0.2) is 127 Å². The Morgan fingerprint density at radius 2 is 1.27 bits per heavy atom. The molecule has 0 bridgehead atoms. The van der Waals surface area contributed by atoms with Crippen LogP contribution < -0.4 is 0 Å². The number of nitrogens with zero attached hydrogens (tertiary/aromatic N) is 1. The normalized spacial score (nSPS) is 17.7. The Bertz CT molecular complexity index is 3150. The van der Waals surface area contributed by atoms with Crippen LogP contribution in [0.5, 0.6) is 0 Å². The molecular formula is C58H49NS. The predicted molar refractivity (Wildman–Crippen MR) is 256 cm³/mol. The molecule has 292 valence electrons. The van der Waals surface area contributed by atoms with E-state index in [0.717, 1.165) is 43.5 Å². The van der Waals surface area contributed by atoms with Crippen LogP contribution in [0.2, 0.25) is 0 Å². The number of thiazole rings is 1. The third-order valence-electron chi connectivity index (χ3n) is 14.7. The number of aromatic nitrogens is 1. The zero-order chi connectivity index (χ0) is 40.5. The molecule has 5 aliphatic carbocycles. The van der Waals surface area contributed by atoms with Crippen molar-refractivity contribution in [3.05, 3.63) is 188 Å². The van der Waals surface area contributed by atoms with Crippen molar-refractivity contribution < 1.29 is 0 Å². The molecule has 1 aromatic heterocycles. The van der Waals surface area contributed by atoms with Crippen LogP contribution in [0.3, 0.4) is 0 Å². The van der Waals surface area contributed by atoms with Crippen LogP contribution >= 0.6 is 11.3 Å². The van der Waals surface area contributed by atoms with E-state index in [4.69, 9.17) is 4.98 Å². The molecular weight excluding hydrogens is 743 g/mol. The van der Waals surface area contributed by atoms with Gasteiger partial charge in [-0.2, -0.15) is 0 Å². The van der Waals surface area contributed by atoms with E-state index in [0.29, 0.717) is 0 Å². The van der Waals surface area contributed by atoms with Crippen molar-refractivity contribution in [1.29, 1.82) is 0 Å². The highest BCUT2D eigenvalue weighted by molar-refractivity contribution is 7.15. The Morgan fingerprint density at radius 3 is 2.15 bits per heavy atom. The molecule has 0 aliphatic heterocycles. The Morgan fingerprint density at radius 1 is 0.550 bits per heavy atom. The molecule has 5 aliphatic rings. The van der Waals surface area contributed by atoms with Gasteiger partial charge in [0.1, 0.15) is 5.01 Å². The first kappa shape index (κ1) is 36.1. The first-order chi connectivity index (χ1) is 29.1. The number of allylic oxidation sites excluding steroid dienone is 6. The van der Waals surface area contributed by atoms with E-state index in [-0.39, 0.29) is 10.8 Å². The van der Waals surface area contributed by atoms with E-state index in [1.807, 2.05) is 11.3 Å². The maximum Gasteiger partial charge on any atom is 0.124 e. The molecule has 0 amide bonds. The van der Waals surface area contributed by atoms with Crippen LogP contribution in [0.25, 0.3) is 72.5 Å². The molecule has 2 heteroatoms. The smallest absolute Gasteiger partial charge is 0.124 e. The van der Waals surface area contributed by atoms with Gasteiger partial charge in [0.05, 0.1) is 5.69 Å². The number of fused-ring (bicyclic) bond motifs is 8. The third-order valence-corrected chi connectivity index (χ3v) is 15.9. The molecule has 0 atom stereocenters. The van der Waals surface area contributed by atoms with E-state index in [2.05, 4.69) is 168 Å². The van der Waals surface area contributed by atoms with Gasteiger partial charge in [0.2, 0.25) is 0 Å². The first-order valence-electron chi connectivity index (χ1n) is 22.0. The Hall–Kier alpha value is -5.83. The van der Waals surface area contributed by atoms with E-state index in [1.165, 1.54) is 122 Å². The zero-order valence-corrected chi connectivity index (χ0v) is 36.1. The number of aryl methyl sites for hydroxylation is 3. The molecule has 1 nitrogen and oxygen atoms in total. The van der Waals surface area contributed by atoms with Crippen molar-refractivity contribution in [2.24, 2.45) is 0 Å². The van der Waals surface area contributed by atoms with Gasteiger partial charge in [-0.25, -0.2) is 4.98 Å². The van der Waals surface area contributed by atoms with Crippen molar-refractivity contribution in [2.75, 3.05) is 0 Å². The fraction of sp³-hybridized carbons (Fsp3) is 0.224. The fourth-order valence-corrected chi connectivity index (χ4v) is 12.3. The van der Waals surface area contributed by atoms with Crippen molar-refractivity contribution >= 4 is 51.0 Å². The Kier molecular flexibility index (Phi) is 7.86. The number of rotatable bonds is 4. The molecule has 0 N–H and O–H groups in total. The molecule has 0 saturated carbocycles. The van der Waals surface area contributed by atoms with E-state index >= 15 is 0 Å². The molecule has 0 saturated heterocycles. The second-order valence-electron chi connectivity index (χ2n) is 19.0. The average Bonchev–Trinajstić information content (AvgIpc) is 3.88. The van der Waals surface area contributed by atoms with Crippen LogP contribution in [-0.2, 0) is 23.7 Å². The highest BCUT2D eigenvalue weighted by Gasteiger charge is 2.40. The topological polar surface area (TPSA) is 12.9 Å². The summed E-state index contributed by atoms with van der Waals surface area (Å²) < 4.78 is 0. The number of hydrogen-bond acceptors (Lipinski definition) is 2. The average molecular weight is 792 g/mol. The summed E-state index contributed by atoms with van der Waals surface area (Å²) in [6.45, 7) is 12.0. The Balaban J connectivity index is 0.836. The van der Waals surface area contributed by atoms with E-state index < -0.39 is 0 Å². The van der Waals surface area contributed by atoms with Gasteiger partial charge in [0.15, 0.2) is 0 Å². The van der Waals surface area contributed by atoms with Crippen molar-refractivity contribution in [3.63, 3.8) is 0 Å². The van der Waals surface area contributed by atoms with E-state index in [1.54, 1.807) is 0 Å². The van der Waals surface area contributed by atoms with Gasteiger partial charge in [-0.3, -0.25) is 0 Å². The quantitative estimate of drug-likeness (QED) is 0.173.